The number of aryl methyl sites for hydroxylation is 2. The van der Waals surface area contributed by atoms with Gasteiger partial charge in [-0.3, -0.25) is 14.2 Å². The standard InChI is InChI=1S/C24H23N3O2S/c1-14-8-7-9-15(2)21(14)26-22(28)16(3)30-24-25-20-13-18-11-6-5-10-17(18)12-19(20)23(29)27(24)4/h5-13,16H,1-4H3,(H,26,28)/t16-/m0/s1. The fourth-order valence-electron chi connectivity index (χ4n) is 3.49. The minimum atomic E-state index is -0.417. The summed E-state index contributed by atoms with van der Waals surface area (Å²) in [6, 6.07) is 17.6. The van der Waals surface area contributed by atoms with Gasteiger partial charge in [-0.05, 0) is 54.8 Å². The first kappa shape index (κ1) is 20.2. The molecule has 1 heterocycles. The Morgan fingerprint density at radius 2 is 1.67 bits per heavy atom. The highest BCUT2D eigenvalue weighted by Crippen LogP contribution is 2.26. The van der Waals surface area contributed by atoms with Crippen LogP contribution in [0.5, 0.6) is 0 Å². The molecule has 152 valence electrons. The Kier molecular flexibility index (Phi) is 5.35. The van der Waals surface area contributed by atoms with E-state index in [1.54, 1.807) is 7.05 Å². The van der Waals surface area contributed by atoms with E-state index in [-0.39, 0.29) is 11.5 Å². The first-order valence-electron chi connectivity index (χ1n) is 9.78. The SMILES string of the molecule is Cc1cccc(C)c1NC(=O)[C@H](C)Sc1nc2cc3ccccc3cc2c(=O)n1C. The molecule has 0 aliphatic heterocycles. The lowest BCUT2D eigenvalue weighted by molar-refractivity contribution is -0.115. The zero-order valence-electron chi connectivity index (χ0n) is 17.4. The van der Waals surface area contributed by atoms with Crippen LogP contribution in [0.1, 0.15) is 18.1 Å². The van der Waals surface area contributed by atoms with Crippen LogP contribution in [0.15, 0.2) is 64.5 Å². The van der Waals surface area contributed by atoms with Gasteiger partial charge >= 0.3 is 0 Å². The molecule has 1 amide bonds. The predicted molar refractivity (Wildman–Crippen MR) is 124 cm³/mol. The summed E-state index contributed by atoms with van der Waals surface area (Å²) >= 11 is 1.28. The Morgan fingerprint density at radius 1 is 1.03 bits per heavy atom. The highest BCUT2D eigenvalue weighted by atomic mass is 32.2. The molecule has 4 rings (SSSR count). The van der Waals surface area contributed by atoms with Crippen LogP contribution in [0, 0.1) is 13.8 Å². The van der Waals surface area contributed by atoms with Crippen LogP contribution in [0.4, 0.5) is 5.69 Å². The molecule has 0 radical (unpaired) electrons. The Labute approximate surface area is 179 Å². The lowest BCUT2D eigenvalue weighted by atomic mass is 10.1. The molecule has 1 N–H and O–H groups in total. The number of rotatable bonds is 4. The van der Waals surface area contributed by atoms with Crippen molar-refractivity contribution in [3.63, 3.8) is 0 Å². The number of anilines is 1. The van der Waals surface area contributed by atoms with E-state index in [0.717, 1.165) is 27.6 Å². The average molecular weight is 418 g/mol. The number of carbonyl (C=O) groups excluding carboxylic acids is 1. The fourth-order valence-corrected chi connectivity index (χ4v) is 4.37. The van der Waals surface area contributed by atoms with Gasteiger partial charge in [0.15, 0.2) is 5.16 Å². The van der Waals surface area contributed by atoms with Crippen molar-refractivity contribution in [1.82, 2.24) is 9.55 Å². The molecule has 0 spiro atoms. The minimum Gasteiger partial charge on any atom is -0.325 e. The summed E-state index contributed by atoms with van der Waals surface area (Å²) in [6.07, 6.45) is 0. The summed E-state index contributed by atoms with van der Waals surface area (Å²) in [7, 11) is 1.70. The van der Waals surface area contributed by atoms with Crippen LogP contribution in [0.25, 0.3) is 21.7 Å². The van der Waals surface area contributed by atoms with Gasteiger partial charge < -0.3 is 5.32 Å². The molecule has 0 saturated heterocycles. The van der Waals surface area contributed by atoms with Crippen molar-refractivity contribution < 1.29 is 4.79 Å². The molecular weight excluding hydrogens is 394 g/mol. The molecule has 30 heavy (non-hydrogen) atoms. The molecular formula is C24H23N3O2S. The second-order valence-corrected chi connectivity index (χ2v) is 8.80. The van der Waals surface area contributed by atoms with E-state index < -0.39 is 5.25 Å². The van der Waals surface area contributed by atoms with Gasteiger partial charge in [0.25, 0.3) is 5.56 Å². The number of fused-ring (bicyclic) bond motifs is 2. The number of hydrogen-bond donors (Lipinski definition) is 1. The van der Waals surface area contributed by atoms with Crippen molar-refractivity contribution in [2.45, 2.75) is 31.2 Å². The van der Waals surface area contributed by atoms with Gasteiger partial charge in [0.05, 0.1) is 16.2 Å². The van der Waals surface area contributed by atoms with E-state index >= 15 is 0 Å². The first-order valence-corrected chi connectivity index (χ1v) is 10.7. The predicted octanol–water partition coefficient (Wildman–Crippen LogP) is 4.82. The second kappa shape index (κ2) is 7.95. The summed E-state index contributed by atoms with van der Waals surface area (Å²) in [5.41, 5.74) is 3.39. The molecule has 0 bridgehead atoms. The monoisotopic (exact) mass is 417 g/mol. The van der Waals surface area contributed by atoms with Gasteiger partial charge in [-0.1, -0.05) is 54.2 Å². The van der Waals surface area contributed by atoms with Crippen LogP contribution in [-0.4, -0.2) is 20.7 Å². The number of thioether (sulfide) groups is 1. The average Bonchev–Trinajstić information content (AvgIpc) is 2.73. The van der Waals surface area contributed by atoms with Gasteiger partial charge in [0.2, 0.25) is 5.91 Å². The van der Waals surface area contributed by atoms with Crippen LogP contribution < -0.4 is 10.9 Å². The largest absolute Gasteiger partial charge is 0.325 e. The summed E-state index contributed by atoms with van der Waals surface area (Å²) < 4.78 is 1.52. The van der Waals surface area contributed by atoms with E-state index in [2.05, 4.69) is 5.32 Å². The molecule has 0 aliphatic rings. The van der Waals surface area contributed by atoms with Crippen molar-refractivity contribution in [3.05, 3.63) is 76.1 Å². The van der Waals surface area contributed by atoms with Crippen molar-refractivity contribution >= 4 is 45.0 Å². The fraction of sp³-hybridized carbons (Fsp3) is 0.208. The molecule has 5 nitrogen and oxygen atoms in total. The van der Waals surface area contributed by atoms with Gasteiger partial charge in [-0.15, -0.1) is 0 Å². The van der Waals surface area contributed by atoms with Crippen molar-refractivity contribution in [2.24, 2.45) is 7.05 Å². The summed E-state index contributed by atoms with van der Waals surface area (Å²) in [4.78, 5) is 30.4. The highest BCUT2D eigenvalue weighted by molar-refractivity contribution is 8.00. The third-order valence-electron chi connectivity index (χ3n) is 5.28. The molecule has 6 heteroatoms. The van der Waals surface area contributed by atoms with Crippen molar-refractivity contribution in [2.75, 3.05) is 5.32 Å². The Bertz CT molecular complexity index is 1320. The molecule has 1 aromatic heterocycles. The highest BCUT2D eigenvalue weighted by Gasteiger charge is 2.19. The quantitative estimate of drug-likeness (QED) is 0.294. The number of nitrogens with zero attached hydrogens (tertiary/aromatic N) is 2. The second-order valence-electron chi connectivity index (χ2n) is 7.49. The lowest BCUT2D eigenvalue weighted by Crippen LogP contribution is -2.26. The zero-order valence-corrected chi connectivity index (χ0v) is 18.2. The Hall–Kier alpha value is -3.12. The normalized spacial score (nSPS) is 12.3. The third kappa shape index (κ3) is 3.71. The van der Waals surface area contributed by atoms with Gasteiger partial charge in [-0.25, -0.2) is 4.98 Å². The lowest BCUT2D eigenvalue weighted by Gasteiger charge is -2.16. The molecule has 0 aliphatic carbocycles. The molecule has 1 atom stereocenters. The summed E-state index contributed by atoms with van der Waals surface area (Å²) in [5, 5.41) is 5.74. The number of amides is 1. The topological polar surface area (TPSA) is 64.0 Å². The number of hydrogen-bond acceptors (Lipinski definition) is 4. The maximum Gasteiger partial charge on any atom is 0.261 e. The minimum absolute atomic E-state index is 0.115. The van der Waals surface area contributed by atoms with Gasteiger partial charge in [0, 0.05) is 12.7 Å². The van der Waals surface area contributed by atoms with Gasteiger partial charge in [0.1, 0.15) is 0 Å². The first-order chi connectivity index (χ1) is 14.3. The van der Waals surface area contributed by atoms with Crippen LogP contribution in [-0.2, 0) is 11.8 Å². The van der Waals surface area contributed by atoms with E-state index in [0.29, 0.717) is 16.1 Å². The number of para-hydroxylation sites is 1. The summed E-state index contributed by atoms with van der Waals surface area (Å²) in [6.45, 7) is 5.77. The number of nitrogens with one attached hydrogen (secondary N) is 1. The maximum absolute atomic E-state index is 12.9. The van der Waals surface area contributed by atoms with Crippen LogP contribution >= 0.6 is 11.8 Å². The smallest absolute Gasteiger partial charge is 0.261 e. The van der Waals surface area contributed by atoms with E-state index in [4.69, 9.17) is 4.98 Å². The van der Waals surface area contributed by atoms with Crippen molar-refractivity contribution in [3.8, 4) is 0 Å². The van der Waals surface area contributed by atoms with E-state index in [1.807, 2.05) is 75.4 Å². The molecule has 0 fully saturated rings. The van der Waals surface area contributed by atoms with Crippen LogP contribution in [0.3, 0.4) is 0 Å². The molecule has 4 aromatic rings. The number of benzene rings is 3. The number of carbonyl (C=O) groups is 1. The number of aromatic nitrogens is 2. The van der Waals surface area contributed by atoms with Crippen LogP contribution in [0.2, 0.25) is 0 Å². The molecule has 3 aromatic carbocycles. The van der Waals surface area contributed by atoms with Crippen molar-refractivity contribution in [1.29, 1.82) is 0 Å². The van der Waals surface area contributed by atoms with Gasteiger partial charge in [-0.2, -0.15) is 0 Å². The Morgan fingerprint density at radius 3 is 2.33 bits per heavy atom. The zero-order chi connectivity index (χ0) is 21.4. The van der Waals surface area contributed by atoms with E-state index in [1.165, 1.54) is 16.3 Å². The summed E-state index contributed by atoms with van der Waals surface area (Å²) in [5.74, 6) is -0.120. The van der Waals surface area contributed by atoms with E-state index in [9.17, 15) is 9.59 Å². The molecule has 0 unspecified atom stereocenters. The maximum atomic E-state index is 12.9. The molecule has 0 saturated carbocycles. The Balaban J connectivity index is 1.65. The third-order valence-corrected chi connectivity index (χ3v) is 6.43.